The van der Waals surface area contributed by atoms with Gasteiger partial charge in [0.2, 0.25) is 5.91 Å². The molecule has 0 aromatic rings. The van der Waals surface area contributed by atoms with E-state index >= 15 is 0 Å². The fourth-order valence-corrected chi connectivity index (χ4v) is 2.22. The van der Waals surface area contributed by atoms with Gasteiger partial charge in [-0.2, -0.15) is 0 Å². The van der Waals surface area contributed by atoms with E-state index in [0.717, 1.165) is 5.92 Å². The molecule has 0 N–H and O–H groups in total. The zero-order chi connectivity index (χ0) is 9.84. The summed E-state index contributed by atoms with van der Waals surface area (Å²) in [6, 6.07) is 0.429. The minimum absolute atomic E-state index is 0.193. The smallest absolute Gasteiger partial charge is 0.219 e. The van der Waals surface area contributed by atoms with Gasteiger partial charge in [0.05, 0.1) is 0 Å². The van der Waals surface area contributed by atoms with Crippen molar-refractivity contribution in [2.75, 3.05) is 7.05 Å². The van der Waals surface area contributed by atoms with Gasteiger partial charge in [0.15, 0.2) is 0 Å². The minimum atomic E-state index is 0.193. The van der Waals surface area contributed by atoms with Crippen molar-refractivity contribution >= 4 is 5.91 Å². The molecular weight excluding hydrogens is 162 g/mol. The first kappa shape index (κ1) is 10.6. The van der Waals surface area contributed by atoms with Crippen LogP contribution in [0.1, 0.15) is 46.0 Å². The average Bonchev–Trinajstić information content (AvgIpc) is 2.17. The van der Waals surface area contributed by atoms with Crippen LogP contribution in [0.4, 0.5) is 0 Å². The third kappa shape index (κ3) is 2.71. The first-order valence-corrected chi connectivity index (χ1v) is 5.36. The van der Waals surface area contributed by atoms with Crippen LogP contribution in [0.3, 0.4) is 0 Å². The summed E-state index contributed by atoms with van der Waals surface area (Å²) in [5.41, 5.74) is 0. The predicted molar refractivity (Wildman–Crippen MR) is 54.5 cm³/mol. The number of hydrogen-bond acceptors (Lipinski definition) is 1. The summed E-state index contributed by atoms with van der Waals surface area (Å²) in [6.07, 6.45) is 6.69. The molecule has 1 rings (SSSR count). The standard InChI is InChI=1S/C11H21NO/c1-9(12(3)10(2)13)11-7-5-4-6-8-11/h9,11H,4-8H2,1-3H3. The Morgan fingerprint density at radius 1 is 1.31 bits per heavy atom. The van der Waals surface area contributed by atoms with Crippen LogP contribution in [0.25, 0.3) is 0 Å². The topological polar surface area (TPSA) is 20.3 Å². The Hall–Kier alpha value is -0.530. The van der Waals surface area contributed by atoms with E-state index in [1.807, 2.05) is 11.9 Å². The molecule has 0 spiro atoms. The summed E-state index contributed by atoms with van der Waals surface area (Å²) < 4.78 is 0. The summed E-state index contributed by atoms with van der Waals surface area (Å²) in [5.74, 6) is 0.931. The summed E-state index contributed by atoms with van der Waals surface area (Å²) in [7, 11) is 1.92. The second kappa shape index (κ2) is 4.64. The van der Waals surface area contributed by atoms with E-state index in [9.17, 15) is 4.79 Å². The molecule has 0 heterocycles. The monoisotopic (exact) mass is 183 g/mol. The van der Waals surface area contributed by atoms with Crippen LogP contribution in [0.2, 0.25) is 0 Å². The number of amides is 1. The van der Waals surface area contributed by atoms with Gasteiger partial charge in [-0.25, -0.2) is 0 Å². The van der Waals surface area contributed by atoms with Crippen molar-refractivity contribution in [3.8, 4) is 0 Å². The van der Waals surface area contributed by atoms with Crippen molar-refractivity contribution in [3.05, 3.63) is 0 Å². The van der Waals surface area contributed by atoms with Crippen molar-refractivity contribution in [2.45, 2.75) is 52.0 Å². The molecule has 1 saturated carbocycles. The van der Waals surface area contributed by atoms with E-state index in [1.54, 1.807) is 6.92 Å². The summed E-state index contributed by atoms with van der Waals surface area (Å²) in [6.45, 7) is 3.83. The molecule has 2 heteroatoms. The highest BCUT2D eigenvalue weighted by Gasteiger charge is 2.23. The molecule has 1 aliphatic rings. The minimum Gasteiger partial charge on any atom is -0.343 e. The van der Waals surface area contributed by atoms with Gasteiger partial charge in [0.25, 0.3) is 0 Å². The average molecular weight is 183 g/mol. The van der Waals surface area contributed by atoms with Gasteiger partial charge >= 0.3 is 0 Å². The van der Waals surface area contributed by atoms with Crippen LogP contribution in [-0.2, 0) is 4.79 Å². The van der Waals surface area contributed by atoms with Crippen LogP contribution in [-0.4, -0.2) is 23.9 Å². The summed E-state index contributed by atoms with van der Waals surface area (Å²) >= 11 is 0. The molecule has 0 aromatic heterocycles. The number of rotatable bonds is 2. The molecule has 13 heavy (non-hydrogen) atoms. The van der Waals surface area contributed by atoms with Crippen LogP contribution < -0.4 is 0 Å². The normalized spacial score (nSPS) is 21.2. The van der Waals surface area contributed by atoms with Crippen LogP contribution in [0.5, 0.6) is 0 Å². The van der Waals surface area contributed by atoms with Crippen molar-refractivity contribution in [1.29, 1.82) is 0 Å². The lowest BCUT2D eigenvalue weighted by Crippen LogP contribution is -2.39. The number of hydrogen-bond donors (Lipinski definition) is 0. The number of carbonyl (C=O) groups excluding carboxylic acids is 1. The molecule has 0 bridgehead atoms. The summed E-state index contributed by atoms with van der Waals surface area (Å²) in [5, 5.41) is 0. The highest BCUT2D eigenvalue weighted by molar-refractivity contribution is 5.73. The second-order valence-electron chi connectivity index (χ2n) is 4.27. The maximum atomic E-state index is 11.2. The first-order valence-electron chi connectivity index (χ1n) is 5.36. The summed E-state index contributed by atoms with van der Waals surface area (Å²) in [4.78, 5) is 13.0. The van der Waals surface area contributed by atoms with E-state index in [4.69, 9.17) is 0 Å². The Labute approximate surface area is 81.3 Å². The first-order chi connectivity index (χ1) is 6.13. The lowest BCUT2D eigenvalue weighted by molar-refractivity contribution is -0.130. The van der Waals surface area contributed by atoms with Crippen molar-refractivity contribution < 1.29 is 4.79 Å². The molecule has 1 amide bonds. The van der Waals surface area contributed by atoms with E-state index in [-0.39, 0.29) is 5.91 Å². The van der Waals surface area contributed by atoms with Gasteiger partial charge in [-0.3, -0.25) is 4.79 Å². The Morgan fingerprint density at radius 2 is 1.85 bits per heavy atom. The largest absolute Gasteiger partial charge is 0.343 e. The maximum Gasteiger partial charge on any atom is 0.219 e. The third-order valence-corrected chi connectivity index (χ3v) is 3.44. The predicted octanol–water partition coefficient (Wildman–Crippen LogP) is 2.43. The molecule has 0 aliphatic heterocycles. The van der Waals surface area contributed by atoms with Crippen LogP contribution >= 0.6 is 0 Å². The second-order valence-corrected chi connectivity index (χ2v) is 4.27. The molecule has 1 fully saturated rings. The molecule has 0 radical (unpaired) electrons. The van der Waals surface area contributed by atoms with Gasteiger partial charge in [-0.15, -0.1) is 0 Å². The van der Waals surface area contributed by atoms with Crippen molar-refractivity contribution in [1.82, 2.24) is 4.90 Å². The zero-order valence-corrected chi connectivity index (χ0v) is 9.05. The SMILES string of the molecule is CC(=O)N(C)C(C)C1CCCCC1. The van der Waals surface area contributed by atoms with Gasteiger partial charge in [0.1, 0.15) is 0 Å². The Balaban J connectivity index is 2.44. The van der Waals surface area contributed by atoms with E-state index < -0.39 is 0 Å². The van der Waals surface area contributed by atoms with Crippen LogP contribution in [0, 0.1) is 5.92 Å². The van der Waals surface area contributed by atoms with Crippen LogP contribution in [0.15, 0.2) is 0 Å². The quantitative estimate of drug-likeness (QED) is 0.644. The fourth-order valence-electron chi connectivity index (χ4n) is 2.22. The Kier molecular flexibility index (Phi) is 3.76. The molecule has 2 nitrogen and oxygen atoms in total. The number of nitrogens with zero attached hydrogens (tertiary/aromatic N) is 1. The molecule has 1 unspecified atom stereocenters. The molecule has 0 aromatic carbocycles. The third-order valence-electron chi connectivity index (χ3n) is 3.44. The van der Waals surface area contributed by atoms with E-state index in [2.05, 4.69) is 6.92 Å². The van der Waals surface area contributed by atoms with Crippen molar-refractivity contribution in [3.63, 3.8) is 0 Å². The highest BCUT2D eigenvalue weighted by atomic mass is 16.2. The fraction of sp³-hybridized carbons (Fsp3) is 0.909. The lowest BCUT2D eigenvalue weighted by Gasteiger charge is -2.33. The molecule has 1 aliphatic carbocycles. The van der Waals surface area contributed by atoms with Crippen molar-refractivity contribution in [2.24, 2.45) is 5.92 Å². The molecule has 1 atom stereocenters. The maximum absolute atomic E-state index is 11.2. The lowest BCUT2D eigenvalue weighted by atomic mass is 9.84. The van der Waals surface area contributed by atoms with Gasteiger partial charge < -0.3 is 4.90 Å². The van der Waals surface area contributed by atoms with E-state index in [0.29, 0.717) is 6.04 Å². The Morgan fingerprint density at radius 3 is 2.31 bits per heavy atom. The molecule has 0 saturated heterocycles. The molecular formula is C11H21NO. The van der Waals surface area contributed by atoms with Gasteiger partial charge in [-0.1, -0.05) is 19.3 Å². The van der Waals surface area contributed by atoms with E-state index in [1.165, 1.54) is 32.1 Å². The van der Waals surface area contributed by atoms with Gasteiger partial charge in [0, 0.05) is 20.0 Å². The number of carbonyl (C=O) groups is 1. The Bertz CT molecular complexity index is 173. The molecule has 76 valence electrons. The zero-order valence-electron chi connectivity index (χ0n) is 9.05. The highest BCUT2D eigenvalue weighted by Crippen LogP contribution is 2.28. The van der Waals surface area contributed by atoms with Gasteiger partial charge in [-0.05, 0) is 25.7 Å².